The Bertz CT molecular complexity index is 2460. The minimum atomic E-state index is -0.223. The number of nitrogens with one attached hydrogen (secondary N) is 2. The van der Waals surface area contributed by atoms with Crippen LogP contribution in [0.25, 0.3) is 22.8 Å². The van der Waals surface area contributed by atoms with E-state index in [4.69, 9.17) is 14.2 Å². The average molecular weight is 854 g/mol. The average Bonchev–Trinajstić information content (AvgIpc) is 3.65. The summed E-state index contributed by atoms with van der Waals surface area (Å²) in [5, 5.41) is 35.0. The Morgan fingerprint density at radius 1 is 0.619 bits per heavy atom. The molecule has 0 atom stereocenters. The van der Waals surface area contributed by atoms with E-state index in [0.29, 0.717) is 74.6 Å². The maximum atomic E-state index is 12.8. The Morgan fingerprint density at radius 2 is 1.14 bits per heavy atom. The van der Waals surface area contributed by atoms with Gasteiger partial charge in [-0.2, -0.15) is 0 Å². The summed E-state index contributed by atoms with van der Waals surface area (Å²) in [4.78, 5) is 25.0. The number of carbonyl (C=O) groups excluding carboxylic acids is 2. The number of ether oxygens (including phenoxy) is 3. The second kappa shape index (κ2) is 22.4. The molecule has 0 aliphatic rings. The van der Waals surface area contributed by atoms with E-state index in [1.807, 2.05) is 36.7 Å². The van der Waals surface area contributed by atoms with Crippen LogP contribution in [0.1, 0.15) is 61.5 Å². The van der Waals surface area contributed by atoms with Gasteiger partial charge in [-0.1, -0.05) is 64.8 Å². The van der Waals surface area contributed by atoms with Crippen molar-refractivity contribution in [3.8, 4) is 22.8 Å². The van der Waals surface area contributed by atoms with Gasteiger partial charge in [0.05, 0.1) is 56.7 Å². The molecular formula is C47H55N11O5. The Balaban J connectivity index is 0.873. The zero-order chi connectivity index (χ0) is 44.7. The number of rotatable bonds is 20. The van der Waals surface area contributed by atoms with Gasteiger partial charge in [-0.05, 0) is 106 Å². The maximum Gasteiger partial charge on any atom is 0.251 e. The molecule has 2 amide bonds. The molecule has 6 aromatic rings. The van der Waals surface area contributed by atoms with Gasteiger partial charge in [0.2, 0.25) is 17.3 Å². The number of benzene rings is 4. The fraction of sp³-hybridized carbons (Fsp3) is 0.340. The normalized spacial score (nSPS) is 11.3. The van der Waals surface area contributed by atoms with Crippen LogP contribution in [0.4, 0.5) is 5.69 Å². The van der Waals surface area contributed by atoms with Crippen molar-refractivity contribution in [1.29, 1.82) is 0 Å². The summed E-state index contributed by atoms with van der Waals surface area (Å²) >= 11 is 0. The number of aromatic nitrogens is 6. The zero-order valence-corrected chi connectivity index (χ0v) is 37.0. The molecule has 0 fully saturated rings. The summed E-state index contributed by atoms with van der Waals surface area (Å²) in [6.45, 7) is 17.2. The predicted octanol–water partition coefficient (Wildman–Crippen LogP) is 6.76. The Labute approximate surface area is 367 Å². The predicted molar refractivity (Wildman–Crippen MR) is 239 cm³/mol. The topological polar surface area (TPSA) is 184 Å². The van der Waals surface area contributed by atoms with E-state index in [2.05, 4.69) is 121 Å². The van der Waals surface area contributed by atoms with E-state index in [9.17, 15) is 9.59 Å². The highest BCUT2D eigenvalue weighted by molar-refractivity contribution is 5.94. The molecule has 0 saturated carbocycles. The van der Waals surface area contributed by atoms with Gasteiger partial charge < -0.3 is 24.8 Å². The number of hydrogen-bond donors (Lipinski definition) is 2. The van der Waals surface area contributed by atoms with Crippen molar-refractivity contribution in [1.82, 2.24) is 40.2 Å². The summed E-state index contributed by atoms with van der Waals surface area (Å²) in [7, 11) is 0. The highest BCUT2D eigenvalue weighted by atomic mass is 16.5. The smallest absolute Gasteiger partial charge is 0.251 e. The molecule has 4 aromatic carbocycles. The molecule has 328 valence electrons. The van der Waals surface area contributed by atoms with Crippen molar-refractivity contribution >= 4 is 17.5 Å². The highest BCUT2D eigenvalue weighted by Crippen LogP contribution is 2.23. The molecule has 0 bridgehead atoms. The molecule has 63 heavy (non-hydrogen) atoms. The first-order chi connectivity index (χ1) is 30.5. The third-order valence-corrected chi connectivity index (χ3v) is 10.0. The summed E-state index contributed by atoms with van der Waals surface area (Å²) < 4.78 is 20.8. The van der Waals surface area contributed by atoms with E-state index in [0.717, 1.165) is 44.8 Å². The number of amides is 2. The summed E-state index contributed by atoms with van der Waals surface area (Å²) in [5.41, 5.74) is 12.4. The van der Waals surface area contributed by atoms with E-state index < -0.39 is 0 Å². The standard InChI is InChI=1S/C47H55N11O5/c1-31-26-33(3)43(34(4)27-31)57-18-19-58(44-35(5)28-32(2)29-36(44)6)47(57)55-56-52-41-14-12-40(13-15-41)46(60)48-17-21-62-23-25-63-24-22-61-20-16-42(59)49-30-38-8-10-39(11-9-38)45-53-50-37(7)51-54-45/h8-15,18-19,26-29H,16-17,20-25,30H2,1-7H3,(H,48,60)(H,49,59). The SMILES string of the molecule is Cc1cc(C)c(-n2ccn(-c3c(C)cc(C)cc3C)c2=NN=Nc2ccc(C(=O)NCCOCCOCCOCCC(=O)NCc3ccc(-c4nnc(C)nn4)cc3)cc2)c(C)c1. The second-order valence-corrected chi connectivity index (χ2v) is 15.3. The van der Waals surface area contributed by atoms with Crippen molar-refractivity contribution < 1.29 is 23.8 Å². The number of hydrogen-bond acceptors (Lipinski definition) is 11. The van der Waals surface area contributed by atoms with Crippen LogP contribution in [-0.2, 0) is 25.5 Å². The number of aryl methyl sites for hydroxylation is 7. The fourth-order valence-corrected chi connectivity index (χ4v) is 7.23. The molecule has 0 aliphatic heterocycles. The van der Waals surface area contributed by atoms with E-state index in [1.165, 1.54) is 11.1 Å². The van der Waals surface area contributed by atoms with Crippen LogP contribution in [0.2, 0.25) is 0 Å². The molecule has 0 aliphatic carbocycles. The lowest BCUT2D eigenvalue weighted by Crippen LogP contribution is -2.27. The van der Waals surface area contributed by atoms with E-state index in [-0.39, 0.29) is 24.8 Å². The molecule has 0 saturated heterocycles. The molecule has 2 aromatic heterocycles. The van der Waals surface area contributed by atoms with Crippen molar-refractivity contribution in [2.45, 2.75) is 61.4 Å². The third-order valence-electron chi connectivity index (χ3n) is 10.0. The highest BCUT2D eigenvalue weighted by Gasteiger charge is 2.15. The minimum absolute atomic E-state index is 0.106. The first-order valence-corrected chi connectivity index (χ1v) is 20.9. The summed E-state index contributed by atoms with van der Waals surface area (Å²) in [6, 6.07) is 23.1. The number of nitrogens with zero attached hydrogens (tertiary/aromatic N) is 9. The molecule has 0 unspecified atom stereocenters. The maximum absolute atomic E-state index is 12.8. The Hall–Kier alpha value is -6.75. The lowest BCUT2D eigenvalue weighted by atomic mass is 10.0. The molecule has 0 radical (unpaired) electrons. The van der Waals surface area contributed by atoms with Crippen LogP contribution in [-0.4, -0.2) is 87.5 Å². The lowest BCUT2D eigenvalue weighted by molar-refractivity contribution is -0.122. The van der Waals surface area contributed by atoms with E-state index in [1.54, 1.807) is 31.2 Å². The van der Waals surface area contributed by atoms with Crippen LogP contribution in [0, 0.1) is 48.5 Å². The van der Waals surface area contributed by atoms with Gasteiger partial charge in [0, 0.05) is 43.0 Å². The Kier molecular flexibility index (Phi) is 16.3. The Morgan fingerprint density at radius 3 is 1.70 bits per heavy atom. The zero-order valence-electron chi connectivity index (χ0n) is 37.0. The molecule has 16 nitrogen and oxygen atoms in total. The quantitative estimate of drug-likeness (QED) is 0.0476. The summed E-state index contributed by atoms with van der Waals surface area (Å²) in [5.74, 6) is 0.629. The first kappa shape index (κ1) is 45.8. The van der Waals surface area contributed by atoms with Crippen molar-refractivity contribution in [2.75, 3.05) is 46.2 Å². The van der Waals surface area contributed by atoms with Gasteiger partial charge in [0.1, 0.15) is 0 Å². The van der Waals surface area contributed by atoms with Gasteiger partial charge in [-0.3, -0.25) is 18.7 Å². The van der Waals surface area contributed by atoms with Crippen molar-refractivity contribution in [3.05, 3.63) is 141 Å². The largest absolute Gasteiger partial charge is 0.379 e. The van der Waals surface area contributed by atoms with Crippen LogP contribution in [0.15, 0.2) is 101 Å². The fourth-order valence-electron chi connectivity index (χ4n) is 7.23. The van der Waals surface area contributed by atoms with Crippen LogP contribution < -0.4 is 16.3 Å². The second-order valence-electron chi connectivity index (χ2n) is 15.3. The first-order valence-electron chi connectivity index (χ1n) is 20.9. The number of imidazole rings is 1. The summed E-state index contributed by atoms with van der Waals surface area (Å²) in [6.07, 6.45) is 4.27. The van der Waals surface area contributed by atoms with Gasteiger partial charge in [0.15, 0.2) is 5.82 Å². The van der Waals surface area contributed by atoms with Crippen LogP contribution >= 0.6 is 0 Å². The van der Waals surface area contributed by atoms with E-state index >= 15 is 0 Å². The molecule has 16 heteroatoms. The molecule has 2 N–H and O–H groups in total. The molecule has 0 spiro atoms. The van der Waals surface area contributed by atoms with Gasteiger partial charge in [-0.25, -0.2) is 0 Å². The van der Waals surface area contributed by atoms with Gasteiger partial charge in [-0.15, -0.1) is 25.5 Å². The molecular weight excluding hydrogens is 799 g/mol. The third kappa shape index (κ3) is 12.9. The van der Waals surface area contributed by atoms with Crippen molar-refractivity contribution in [3.63, 3.8) is 0 Å². The van der Waals surface area contributed by atoms with Gasteiger partial charge in [0.25, 0.3) is 5.91 Å². The lowest BCUT2D eigenvalue weighted by Gasteiger charge is -2.15. The van der Waals surface area contributed by atoms with Gasteiger partial charge >= 0.3 is 0 Å². The molecule has 6 rings (SSSR count). The number of carbonyl (C=O) groups is 2. The van der Waals surface area contributed by atoms with Crippen LogP contribution in [0.3, 0.4) is 0 Å². The minimum Gasteiger partial charge on any atom is -0.379 e. The monoisotopic (exact) mass is 853 g/mol. The molecule has 2 heterocycles. The van der Waals surface area contributed by atoms with Crippen LogP contribution in [0.5, 0.6) is 0 Å². The van der Waals surface area contributed by atoms with Crippen molar-refractivity contribution in [2.24, 2.45) is 15.4 Å².